The van der Waals surface area contributed by atoms with E-state index in [1.54, 1.807) is 18.6 Å². The van der Waals surface area contributed by atoms with Gasteiger partial charge in [-0.05, 0) is 44.2 Å². The summed E-state index contributed by atoms with van der Waals surface area (Å²) in [6.07, 6.45) is 3.47. The van der Waals surface area contributed by atoms with Gasteiger partial charge in [-0.1, -0.05) is 6.07 Å². The first-order valence-electron chi connectivity index (χ1n) is 8.44. The molecule has 3 aromatic heterocycles. The Labute approximate surface area is 150 Å². The molecule has 4 rings (SSSR count). The number of nitrogens with zero attached hydrogens (tertiary/aromatic N) is 5. The maximum Gasteiger partial charge on any atom is 0.251 e. The number of benzene rings is 1. The third kappa shape index (κ3) is 2.88. The third-order valence-electron chi connectivity index (χ3n) is 4.25. The SMILES string of the molecule is CC(C)n1cnc2nnc3ccc(C(=O)NCc4ccccn4)cc3c21. The lowest BCUT2D eigenvalue weighted by Crippen LogP contribution is -2.23. The molecule has 0 unspecified atom stereocenters. The van der Waals surface area contributed by atoms with Crippen molar-refractivity contribution in [3.63, 3.8) is 0 Å². The zero-order valence-corrected chi connectivity index (χ0v) is 14.5. The van der Waals surface area contributed by atoms with Crippen LogP contribution in [-0.4, -0.2) is 30.6 Å². The van der Waals surface area contributed by atoms with E-state index in [0.29, 0.717) is 17.8 Å². The van der Waals surface area contributed by atoms with Gasteiger partial charge in [-0.2, -0.15) is 0 Å². The number of aromatic nitrogens is 5. The van der Waals surface area contributed by atoms with Crippen LogP contribution < -0.4 is 5.32 Å². The monoisotopic (exact) mass is 346 g/mol. The number of carbonyl (C=O) groups excluding carboxylic acids is 1. The highest BCUT2D eigenvalue weighted by molar-refractivity contribution is 6.05. The number of amides is 1. The molecular formula is C19H18N6O. The van der Waals surface area contributed by atoms with E-state index in [9.17, 15) is 4.79 Å². The highest BCUT2D eigenvalue weighted by Gasteiger charge is 2.14. The van der Waals surface area contributed by atoms with Crippen LogP contribution in [0.3, 0.4) is 0 Å². The first kappa shape index (κ1) is 16.1. The summed E-state index contributed by atoms with van der Waals surface area (Å²) in [5, 5.41) is 12.1. The van der Waals surface area contributed by atoms with Gasteiger partial charge in [-0.25, -0.2) is 4.98 Å². The summed E-state index contributed by atoms with van der Waals surface area (Å²) < 4.78 is 2.04. The highest BCUT2D eigenvalue weighted by atomic mass is 16.1. The number of carbonyl (C=O) groups is 1. The molecule has 0 bridgehead atoms. The summed E-state index contributed by atoms with van der Waals surface area (Å²) in [5.41, 5.74) is 3.59. The van der Waals surface area contributed by atoms with Crippen LogP contribution in [0.15, 0.2) is 48.9 Å². The lowest BCUT2D eigenvalue weighted by molar-refractivity contribution is 0.0950. The second kappa shape index (κ2) is 6.51. The van der Waals surface area contributed by atoms with Gasteiger partial charge in [0.2, 0.25) is 5.65 Å². The zero-order valence-electron chi connectivity index (χ0n) is 14.5. The molecule has 4 aromatic rings. The molecule has 0 atom stereocenters. The maximum absolute atomic E-state index is 12.6. The Kier molecular flexibility index (Phi) is 4.04. The number of fused-ring (bicyclic) bond motifs is 3. The van der Waals surface area contributed by atoms with Crippen LogP contribution in [0.25, 0.3) is 22.1 Å². The predicted octanol–water partition coefficient (Wildman–Crippen LogP) is 2.89. The molecule has 0 aliphatic carbocycles. The number of hydrogen-bond donors (Lipinski definition) is 1. The van der Waals surface area contributed by atoms with Gasteiger partial charge in [0.15, 0.2) is 0 Å². The molecule has 0 radical (unpaired) electrons. The van der Waals surface area contributed by atoms with E-state index < -0.39 is 0 Å². The van der Waals surface area contributed by atoms with E-state index in [2.05, 4.69) is 39.3 Å². The van der Waals surface area contributed by atoms with Gasteiger partial charge < -0.3 is 9.88 Å². The van der Waals surface area contributed by atoms with Crippen LogP contribution in [0.1, 0.15) is 35.9 Å². The number of hydrogen-bond acceptors (Lipinski definition) is 5. The molecule has 0 saturated carbocycles. The minimum absolute atomic E-state index is 0.155. The van der Waals surface area contributed by atoms with Crippen LogP contribution in [0, 0.1) is 0 Å². The van der Waals surface area contributed by atoms with Crippen molar-refractivity contribution in [1.82, 2.24) is 30.0 Å². The van der Waals surface area contributed by atoms with E-state index in [1.165, 1.54) is 0 Å². The molecule has 7 nitrogen and oxygen atoms in total. The van der Waals surface area contributed by atoms with Crippen molar-refractivity contribution in [1.29, 1.82) is 0 Å². The minimum Gasteiger partial charge on any atom is -0.346 e. The Bertz CT molecular complexity index is 1090. The molecule has 0 saturated heterocycles. The van der Waals surface area contributed by atoms with Crippen LogP contribution in [0.4, 0.5) is 0 Å². The van der Waals surface area contributed by atoms with E-state index in [0.717, 1.165) is 22.1 Å². The lowest BCUT2D eigenvalue weighted by atomic mass is 10.1. The van der Waals surface area contributed by atoms with Gasteiger partial charge in [0.25, 0.3) is 5.91 Å². The summed E-state index contributed by atoms with van der Waals surface area (Å²) in [6, 6.07) is 11.3. The standard InChI is InChI=1S/C19H18N6O/c1-12(2)25-11-22-18-17(25)15-9-13(6-7-16(15)23-24-18)19(26)21-10-14-5-3-4-8-20-14/h3-9,11-12H,10H2,1-2H3,(H,21,26). The first-order chi connectivity index (χ1) is 12.6. The molecule has 1 amide bonds. The van der Waals surface area contributed by atoms with Gasteiger partial charge in [0.1, 0.15) is 0 Å². The quantitative estimate of drug-likeness (QED) is 0.614. The molecule has 0 fully saturated rings. The summed E-state index contributed by atoms with van der Waals surface area (Å²) >= 11 is 0. The average Bonchev–Trinajstić information content (AvgIpc) is 3.11. The first-order valence-corrected chi connectivity index (χ1v) is 8.44. The second-order valence-electron chi connectivity index (χ2n) is 6.35. The zero-order chi connectivity index (χ0) is 18.1. The minimum atomic E-state index is -0.155. The summed E-state index contributed by atoms with van der Waals surface area (Å²) in [6.45, 7) is 4.54. The largest absolute Gasteiger partial charge is 0.346 e. The number of rotatable bonds is 4. The fourth-order valence-electron chi connectivity index (χ4n) is 2.91. The van der Waals surface area contributed by atoms with E-state index in [4.69, 9.17) is 0 Å². The Morgan fingerprint density at radius 2 is 2.04 bits per heavy atom. The molecular weight excluding hydrogens is 328 g/mol. The van der Waals surface area contributed by atoms with Crippen molar-refractivity contribution in [2.75, 3.05) is 0 Å². The Balaban J connectivity index is 1.71. The Morgan fingerprint density at radius 1 is 1.15 bits per heavy atom. The van der Waals surface area contributed by atoms with Crippen molar-refractivity contribution < 1.29 is 4.79 Å². The summed E-state index contributed by atoms with van der Waals surface area (Å²) in [7, 11) is 0. The van der Waals surface area contributed by atoms with E-state index >= 15 is 0 Å². The van der Waals surface area contributed by atoms with Crippen molar-refractivity contribution in [3.05, 3.63) is 60.2 Å². The van der Waals surface area contributed by atoms with Crippen LogP contribution in [0.5, 0.6) is 0 Å². The van der Waals surface area contributed by atoms with Gasteiger partial charge in [0.05, 0.1) is 29.6 Å². The summed E-state index contributed by atoms with van der Waals surface area (Å²) in [5.74, 6) is -0.155. The van der Waals surface area contributed by atoms with Crippen LogP contribution in [0.2, 0.25) is 0 Å². The smallest absolute Gasteiger partial charge is 0.251 e. The molecule has 1 aromatic carbocycles. The van der Waals surface area contributed by atoms with Gasteiger partial charge in [-0.3, -0.25) is 9.78 Å². The normalized spacial score (nSPS) is 11.3. The topological polar surface area (TPSA) is 85.6 Å². The number of imidazole rings is 1. The lowest BCUT2D eigenvalue weighted by Gasteiger charge is -2.10. The number of pyridine rings is 1. The van der Waals surface area contributed by atoms with Gasteiger partial charge in [-0.15, -0.1) is 10.2 Å². The van der Waals surface area contributed by atoms with Crippen LogP contribution >= 0.6 is 0 Å². The molecule has 0 aliphatic rings. The predicted molar refractivity (Wildman–Crippen MR) is 98.6 cm³/mol. The molecule has 3 heterocycles. The fraction of sp³-hybridized carbons (Fsp3) is 0.211. The average molecular weight is 346 g/mol. The van der Waals surface area contributed by atoms with Gasteiger partial charge >= 0.3 is 0 Å². The summed E-state index contributed by atoms with van der Waals surface area (Å²) in [4.78, 5) is 21.1. The Hall–Kier alpha value is -3.35. The Morgan fingerprint density at radius 3 is 2.81 bits per heavy atom. The molecule has 130 valence electrons. The van der Waals surface area contributed by atoms with Crippen LogP contribution in [-0.2, 0) is 6.54 Å². The molecule has 7 heteroatoms. The van der Waals surface area contributed by atoms with Crippen molar-refractivity contribution >= 4 is 28.0 Å². The number of nitrogens with one attached hydrogen (secondary N) is 1. The molecule has 0 aliphatic heterocycles. The second-order valence-corrected chi connectivity index (χ2v) is 6.35. The third-order valence-corrected chi connectivity index (χ3v) is 4.25. The maximum atomic E-state index is 12.6. The van der Waals surface area contributed by atoms with E-state index in [1.807, 2.05) is 34.9 Å². The van der Waals surface area contributed by atoms with Gasteiger partial charge in [0, 0.05) is 23.2 Å². The van der Waals surface area contributed by atoms with Crippen molar-refractivity contribution in [3.8, 4) is 0 Å². The molecule has 0 spiro atoms. The van der Waals surface area contributed by atoms with Crippen molar-refractivity contribution in [2.45, 2.75) is 26.4 Å². The molecule has 1 N–H and O–H groups in total. The fourth-order valence-corrected chi connectivity index (χ4v) is 2.91. The van der Waals surface area contributed by atoms with E-state index in [-0.39, 0.29) is 11.9 Å². The van der Waals surface area contributed by atoms with Crippen molar-refractivity contribution in [2.24, 2.45) is 0 Å². The molecule has 26 heavy (non-hydrogen) atoms. The highest BCUT2D eigenvalue weighted by Crippen LogP contribution is 2.25.